The first-order valence-corrected chi connectivity index (χ1v) is 18.8. The summed E-state index contributed by atoms with van der Waals surface area (Å²) in [6.07, 6.45) is 7.40. The summed E-state index contributed by atoms with van der Waals surface area (Å²) in [6.45, 7) is 5.73. The predicted molar refractivity (Wildman–Crippen MR) is 203 cm³/mol. The number of imidazole rings is 1. The lowest BCUT2D eigenvalue weighted by atomic mass is 9.96. The normalized spacial score (nSPS) is 17.9. The maximum absolute atomic E-state index is 13.7. The van der Waals surface area contributed by atoms with E-state index in [9.17, 15) is 9.59 Å². The van der Waals surface area contributed by atoms with E-state index in [1.54, 1.807) is 19.4 Å². The smallest absolute Gasteiger partial charge is 0.291 e. The lowest BCUT2D eigenvalue weighted by Gasteiger charge is -2.29. The molecule has 1 atom stereocenters. The number of anilines is 1. The minimum absolute atomic E-state index is 0.101. The quantitative estimate of drug-likeness (QED) is 0.155. The summed E-state index contributed by atoms with van der Waals surface area (Å²) in [5.74, 6) is 1.56. The second kappa shape index (κ2) is 16.3. The Balaban J connectivity index is 1.04. The van der Waals surface area contributed by atoms with Gasteiger partial charge in [0, 0.05) is 99.5 Å². The zero-order valence-corrected chi connectivity index (χ0v) is 31.2. The minimum atomic E-state index is -0.319. The molecule has 3 aliphatic rings. The number of pyridine rings is 1. The molecule has 0 aliphatic carbocycles. The first kappa shape index (κ1) is 36.4. The van der Waals surface area contributed by atoms with E-state index in [1.165, 1.54) is 6.42 Å². The monoisotopic (exact) mass is 745 g/mol. The molecule has 2 saturated heterocycles. The zero-order valence-electron chi connectivity index (χ0n) is 29.6. The lowest BCUT2D eigenvalue weighted by Crippen LogP contribution is -2.35. The van der Waals surface area contributed by atoms with Crippen LogP contribution in [-0.4, -0.2) is 77.2 Å². The van der Waals surface area contributed by atoms with Crippen molar-refractivity contribution in [2.75, 3.05) is 45.3 Å². The Kier molecular flexibility index (Phi) is 11.4. The highest BCUT2D eigenvalue weighted by molar-refractivity contribution is 6.39. The van der Waals surface area contributed by atoms with Crippen LogP contribution in [0.5, 0.6) is 5.75 Å². The van der Waals surface area contributed by atoms with Crippen LogP contribution in [0.3, 0.4) is 0 Å². The van der Waals surface area contributed by atoms with Gasteiger partial charge >= 0.3 is 0 Å². The van der Waals surface area contributed by atoms with Gasteiger partial charge in [-0.25, -0.2) is 4.98 Å². The maximum Gasteiger partial charge on any atom is 0.291 e. The highest BCUT2D eigenvalue weighted by Gasteiger charge is 2.27. The van der Waals surface area contributed by atoms with Crippen LogP contribution in [0.2, 0.25) is 10.0 Å². The van der Waals surface area contributed by atoms with Gasteiger partial charge in [0.2, 0.25) is 5.91 Å². The molecule has 7 rings (SSSR count). The molecule has 13 heteroatoms. The van der Waals surface area contributed by atoms with Gasteiger partial charge in [-0.3, -0.25) is 19.5 Å². The summed E-state index contributed by atoms with van der Waals surface area (Å²) < 4.78 is 13.2. The molecule has 5 heterocycles. The molecule has 0 bridgehead atoms. The van der Waals surface area contributed by atoms with E-state index in [-0.39, 0.29) is 17.9 Å². The molecule has 2 aromatic heterocycles. The molecule has 0 spiro atoms. The average Bonchev–Trinajstić information content (AvgIpc) is 3.73. The standard InChI is InChI=1S/C39H45Cl2N7O4/c1-47-32-12-17-48(16-11-24-13-18-52-19-14-24)23-31(32)45-38(47)39(50)46-30-5-3-4-28(35(30)40)29-10-15-43-37(36(29)41)25-6-7-26(33(20-25)51-2)21-42-22-27-8-9-34(49)44-27/h3-7,10,15,20,24,27,42H,8-9,11-14,16-19,21-23H2,1-2H3,(H,44,49)(H,46,50)/t27-/m0/s1. The largest absolute Gasteiger partial charge is 0.496 e. The molecular formula is C39H45Cl2N7O4. The van der Waals surface area contributed by atoms with Crippen molar-refractivity contribution in [2.24, 2.45) is 13.0 Å². The van der Waals surface area contributed by atoms with E-state index in [0.29, 0.717) is 63.6 Å². The van der Waals surface area contributed by atoms with E-state index < -0.39 is 0 Å². The van der Waals surface area contributed by atoms with Crippen LogP contribution >= 0.6 is 23.2 Å². The number of amides is 2. The highest BCUT2D eigenvalue weighted by atomic mass is 35.5. The molecule has 52 heavy (non-hydrogen) atoms. The van der Waals surface area contributed by atoms with Crippen molar-refractivity contribution in [1.29, 1.82) is 0 Å². The first-order chi connectivity index (χ1) is 25.3. The van der Waals surface area contributed by atoms with Crippen LogP contribution < -0.4 is 20.7 Å². The summed E-state index contributed by atoms with van der Waals surface area (Å²) in [5.41, 5.74) is 6.22. The van der Waals surface area contributed by atoms with Crippen LogP contribution in [-0.2, 0) is 36.1 Å². The van der Waals surface area contributed by atoms with Crippen molar-refractivity contribution in [3.63, 3.8) is 0 Å². The molecule has 2 aromatic carbocycles. The molecule has 0 unspecified atom stereocenters. The molecular weight excluding hydrogens is 701 g/mol. The Hall–Kier alpha value is -4.00. The molecule has 11 nitrogen and oxygen atoms in total. The molecule has 0 radical (unpaired) electrons. The number of methoxy groups -OCH3 is 1. The van der Waals surface area contributed by atoms with Crippen molar-refractivity contribution >= 4 is 40.7 Å². The number of fused-ring (bicyclic) bond motifs is 1. The van der Waals surface area contributed by atoms with Crippen molar-refractivity contribution in [1.82, 2.24) is 30.1 Å². The number of carbonyl (C=O) groups is 2. The summed E-state index contributed by atoms with van der Waals surface area (Å²) in [4.78, 5) is 37.0. The van der Waals surface area contributed by atoms with Crippen LogP contribution in [0.25, 0.3) is 22.4 Å². The Morgan fingerprint density at radius 1 is 1.08 bits per heavy atom. The number of ether oxygens (including phenoxy) is 2. The molecule has 3 aliphatic heterocycles. The van der Waals surface area contributed by atoms with Gasteiger partial charge in [-0.2, -0.15) is 0 Å². The number of benzene rings is 2. The van der Waals surface area contributed by atoms with Crippen molar-refractivity contribution in [3.05, 3.63) is 81.5 Å². The third-order valence-electron chi connectivity index (χ3n) is 10.5. The van der Waals surface area contributed by atoms with Gasteiger partial charge in [0.05, 0.1) is 34.2 Å². The van der Waals surface area contributed by atoms with E-state index in [0.717, 1.165) is 87.0 Å². The van der Waals surface area contributed by atoms with Gasteiger partial charge in [0.1, 0.15) is 5.75 Å². The Bertz CT molecular complexity index is 1940. The van der Waals surface area contributed by atoms with Gasteiger partial charge in [-0.05, 0) is 56.3 Å². The number of carbonyl (C=O) groups excluding carboxylic acids is 2. The molecule has 0 saturated carbocycles. The number of hydrogen-bond acceptors (Lipinski definition) is 8. The van der Waals surface area contributed by atoms with Gasteiger partial charge in [-0.1, -0.05) is 47.5 Å². The fraction of sp³-hybridized carbons (Fsp3) is 0.436. The number of rotatable bonds is 12. The fourth-order valence-electron chi connectivity index (χ4n) is 7.49. The van der Waals surface area contributed by atoms with Crippen LogP contribution in [0, 0.1) is 5.92 Å². The SMILES string of the molecule is COc1cc(-c2nccc(-c3cccc(NC(=O)c4nc5c(n4C)CCN(CCC4CCOCC4)C5)c3Cl)c2Cl)ccc1CNC[C@@H]1CCC(=O)N1. The molecule has 2 amide bonds. The number of nitrogens with zero attached hydrogens (tertiary/aromatic N) is 4. The lowest BCUT2D eigenvalue weighted by molar-refractivity contribution is -0.119. The summed E-state index contributed by atoms with van der Waals surface area (Å²) in [7, 11) is 3.54. The van der Waals surface area contributed by atoms with Crippen molar-refractivity contribution in [2.45, 2.75) is 57.7 Å². The third-order valence-corrected chi connectivity index (χ3v) is 11.3. The maximum atomic E-state index is 13.7. The number of halogens is 2. The number of hydrogen-bond donors (Lipinski definition) is 3. The van der Waals surface area contributed by atoms with E-state index in [2.05, 4.69) is 25.8 Å². The number of nitrogens with one attached hydrogen (secondary N) is 3. The van der Waals surface area contributed by atoms with Crippen LogP contribution in [0.4, 0.5) is 5.69 Å². The Morgan fingerprint density at radius 2 is 1.90 bits per heavy atom. The van der Waals surface area contributed by atoms with Crippen molar-refractivity contribution in [3.8, 4) is 28.1 Å². The van der Waals surface area contributed by atoms with E-state index >= 15 is 0 Å². The summed E-state index contributed by atoms with van der Waals surface area (Å²) in [6, 6.07) is 13.3. The Labute approximate surface area is 314 Å². The average molecular weight is 747 g/mol. The second-order valence-electron chi connectivity index (χ2n) is 13.9. The third kappa shape index (κ3) is 7.99. The van der Waals surface area contributed by atoms with E-state index in [4.69, 9.17) is 37.7 Å². The van der Waals surface area contributed by atoms with Crippen molar-refractivity contribution < 1.29 is 19.1 Å². The highest BCUT2D eigenvalue weighted by Crippen LogP contribution is 2.41. The van der Waals surface area contributed by atoms with Gasteiger partial charge < -0.3 is 30.0 Å². The summed E-state index contributed by atoms with van der Waals surface area (Å²) in [5, 5.41) is 10.2. The summed E-state index contributed by atoms with van der Waals surface area (Å²) >= 11 is 14.0. The minimum Gasteiger partial charge on any atom is -0.496 e. The molecule has 4 aromatic rings. The fourth-order valence-corrected chi connectivity index (χ4v) is 8.09. The van der Waals surface area contributed by atoms with Crippen LogP contribution in [0.1, 0.15) is 59.7 Å². The van der Waals surface area contributed by atoms with Crippen LogP contribution in [0.15, 0.2) is 48.7 Å². The molecule has 2 fully saturated rings. The van der Waals surface area contributed by atoms with Gasteiger partial charge in [0.15, 0.2) is 5.82 Å². The second-order valence-corrected chi connectivity index (χ2v) is 14.6. The van der Waals surface area contributed by atoms with Gasteiger partial charge in [-0.15, -0.1) is 0 Å². The van der Waals surface area contributed by atoms with E-state index in [1.807, 2.05) is 48.0 Å². The molecule has 274 valence electrons. The Morgan fingerprint density at radius 3 is 2.69 bits per heavy atom. The predicted octanol–water partition coefficient (Wildman–Crippen LogP) is 6.26. The zero-order chi connectivity index (χ0) is 36.2. The topological polar surface area (TPSA) is 123 Å². The first-order valence-electron chi connectivity index (χ1n) is 18.1. The number of aromatic nitrogens is 3. The molecule has 3 N–H and O–H groups in total. The van der Waals surface area contributed by atoms with Gasteiger partial charge in [0.25, 0.3) is 5.91 Å².